The Labute approximate surface area is 106 Å². The molecule has 0 N–H and O–H groups in total. The van der Waals surface area contributed by atoms with Crippen molar-refractivity contribution in [2.45, 2.75) is 0 Å². The van der Waals surface area contributed by atoms with E-state index in [0.717, 1.165) is 16.9 Å². The third-order valence-corrected chi connectivity index (χ3v) is 2.60. The summed E-state index contributed by atoms with van der Waals surface area (Å²) in [4.78, 5) is 6.38. The van der Waals surface area contributed by atoms with E-state index in [0.29, 0.717) is 0 Å². The first-order chi connectivity index (χ1) is 8.65. The molecule has 0 amide bonds. The Kier molecular flexibility index (Phi) is 3.72. The topological polar surface area (TPSA) is 15.6 Å². The number of halogens is 1. The van der Waals surface area contributed by atoms with E-state index in [1.54, 1.807) is 18.3 Å². The zero-order chi connectivity index (χ0) is 13.0. The molecule has 92 valence electrons. The van der Waals surface area contributed by atoms with Crippen LogP contribution in [0.1, 0.15) is 5.56 Å². The smallest absolute Gasteiger partial charge is 0.123 e. The molecule has 0 radical (unpaired) electrons. The number of aliphatic imine (C=N–C) groups is 1. The van der Waals surface area contributed by atoms with E-state index in [-0.39, 0.29) is 5.82 Å². The molecule has 0 saturated carbocycles. The Hall–Kier alpha value is -2.16. The molecule has 0 spiro atoms. The van der Waals surface area contributed by atoms with Gasteiger partial charge in [-0.15, -0.1) is 0 Å². The maximum Gasteiger partial charge on any atom is 0.123 e. The maximum atomic E-state index is 12.7. The Balaban J connectivity index is 2.11. The van der Waals surface area contributed by atoms with Gasteiger partial charge < -0.3 is 4.90 Å². The lowest BCUT2D eigenvalue weighted by atomic mass is 10.2. The Morgan fingerprint density at radius 1 is 0.944 bits per heavy atom. The van der Waals surface area contributed by atoms with E-state index in [4.69, 9.17) is 0 Å². The predicted octanol–water partition coefficient (Wildman–Crippen LogP) is 3.64. The van der Waals surface area contributed by atoms with E-state index in [9.17, 15) is 4.39 Å². The van der Waals surface area contributed by atoms with Gasteiger partial charge in [-0.2, -0.15) is 0 Å². The molecule has 0 aromatic heterocycles. The summed E-state index contributed by atoms with van der Waals surface area (Å²) in [7, 11) is 3.99. The molecule has 0 heterocycles. The molecular formula is C15H15FN2. The molecule has 0 bridgehead atoms. The van der Waals surface area contributed by atoms with E-state index < -0.39 is 0 Å². The van der Waals surface area contributed by atoms with Crippen LogP contribution in [0.15, 0.2) is 53.5 Å². The molecule has 3 heteroatoms. The van der Waals surface area contributed by atoms with Crippen molar-refractivity contribution in [2.75, 3.05) is 19.0 Å². The summed E-state index contributed by atoms with van der Waals surface area (Å²) in [5, 5.41) is 0. The second kappa shape index (κ2) is 5.45. The third-order valence-electron chi connectivity index (χ3n) is 2.60. The summed E-state index contributed by atoms with van der Waals surface area (Å²) in [6.07, 6.45) is 1.73. The number of rotatable bonds is 3. The zero-order valence-corrected chi connectivity index (χ0v) is 10.5. The monoisotopic (exact) mass is 242 g/mol. The summed E-state index contributed by atoms with van der Waals surface area (Å²) in [5.74, 6) is -0.234. The van der Waals surface area contributed by atoms with Crippen LogP contribution in [-0.2, 0) is 0 Å². The quantitative estimate of drug-likeness (QED) is 0.750. The predicted molar refractivity (Wildman–Crippen MR) is 74.4 cm³/mol. The molecule has 2 aromatic rings. The number of anilines is 1. The summed E-state index contributed by atoms with van der Waals surface area (Å²) >= 11 is 0. The van der Waals surface area contributed by atoms with Crippen molar-refractivity contribution in [1.29, 1.82) is 0 Å². The van der Waals surface area contributed by atoms with Gasteiger partial charge in [-0.05, 0) is 42.0 Å². The van der Waals surface area contributed by atoms with Crippen LogP contribution in [0, 0.1) is 5.82 Å². The number of hydrogen-bond acceptors (Lipinski definition) is 2. The largest absolute Gasteiger partial charge is 0.378 e. The van der Waals surface area contributed by atoms with Crippen LogP contribution in [0.5, 0.6) is 0 Å². The Morgan fingerprint density at radius 2 is 1.56 bits per heavy atom. The van der Waals surface area contributed by atoms with Crippen LogP contribution in [0.25, 0.3) is 0 Å². The second-order valence-electron chi connectivity index (χ2n) is 4.22. The summed E-state index contributed by atoms with van der Waals surface area (Å²) in [6, 6.07) is 14.2. The van der Waals surface area contributed by atoms with Gasteiger partial charge in [0.25, 0.3) is 0 Å². The number of benzene rings is 2. The van der Waals surface area contributed by atoms with E-state index in [2.05, 4.69) is 4.99 Å². The highest BCUT2D eigenvalue weighted by Crippen LogP contribution is 2.17. The van der Waals surface area contributed by atoms with Crippen LogP contribution in [0.4, 0.5) is 15.8 Å². The van der Waals surface area contributed by atoms with Gasteiger partial charge >= 0.3 is 0 Å². The van der Waals surface area contributed by atoms with Crippen molar-refractivity contribution in [3.05, 3.63) is 59.9 Å². The van der Waals surface area contributed by atoms with Crippen molar-refractivity contribution in [2.24, 2.45) is 4.99 Å². The van der Waals surface area contributed by atoms with Crippen LogP contribution in [0.3, 0.4) is 0 Å². The van der Waals surface area contributed by atoms with Gasteiger partial charge in [-0.1, -0.05) is 12.1 Å². The van der Waals surface area contributed by atoms with Crippen molar-refractivity contribution < 1.29 is 4.39 Å². The van der Waals surface area contributed by atoms with E-state index in [1.165, 1.54) is 12.1 Å². The SMILES string of the molecule is CN(C)c1ccc(N=Cc2ccc(F)cc2)cc1. The molecule has 0 atom stereocenters. The highest BCUT2D eigenvalue weighted by Gasteiger charge is 1.94. The van der Waals surface area contributed by atoms with Crippen LogP contribution in [-0.4, -0.2) is 20.3 Å². The normalized spacial score (nSPS) is 10.8. The van der Waals surface area contributed by atoms with Crippen molar-refractivity contribution in [3.63, 3.8) is 0 Å². The highest BCUT2D eigenvalue weighted by molar-refractivity contribution is 5.81. The first-order valence-electron chi connectivity index (χ1n) is 5.72. The molecule has 0 aliphatic carbocycles. The van der Waals surface area contributed by atoms with Gasteiger partial charge in [0.1, 0.15) is 5.82 Å². The van der Waals surface area contributed by atoms with Crippen molar-refractivity contribution in [1.82, 2.24) is 0 Å². The average molecular weight is 242 g/mol. The highest BCUT2D eigenvalue weighted by atomic mass is 19.1. The lowest BCUT2D eigenvalue weighted by Gasteiger charge is -2.11. The number of hydrogen-bond donors (Lipinski definition) is 0. The minimum absolute atomic E-state index is 0.234. The summed E-state index contributed by atoms with van der Waals surface area (Å²) in [6.45, 7) is 0. The molecule has 2 aromatic carbocycles. The fourth-order valence-electron chi connectivity index (χ4n) is 1.53. The van der Waals surface area contributed by atoms with Crippen LogP contribution >= 0.6 is 0 Å². The minimum Gasteiger partial charge on any atom is -0.378 e. The van der Waals surface area contributed by atoms with Crippen molar-refractivity contribution >= 4 is 17.6 Å². The second-order valence-corrected chi connectivity index (χ2v) is 4.22. The molecule has 2 nitrogen and oxygen atoms in total. The summed E-state index contributed by atoms with van der Waals surface area (Å²) < 4.78 is 12.7. The average Bonchev–Trinajstić information content (AvgIpc) is 2.38. The maximum absolute atomic E-state index is 12.7. The molecule has 0 saturated heterocycles. The zero-order valence-electron chi connectivity index (χ0n) is 10.5. The molecule has 2 rings (SSSR count). The van der Waals surface area contributed by atoms with Crippen LogP contribution in [0.2, 0.25) is 0 Å². The fraction of sp³-hybridized carbons (Fsp3) is 0.133. The fourth-order valence-corrected chi connectivity index (χ4v) is 1.53. The Morgan fingerprint density at radius 3 is 2.11 bits per heavy atom. The van der Waals surface area contributed by atoms with Gasteiger partial charge in [-0.25, -0.2) is 4.39 Å². The van der Waals surface area contributed by atoms with Crippen LogP contribution < -0.4 is 4.90 Å². The molecule has 0 aliphatic heterocycles. The minimum atomic E-state index is -0.234. The van der Waals surface area contributed by atoms with Gasteiger partial charge in [0.15, 0.2) is 0 Å². The standard InChI is InChI=1S/C15H15FN2/c1-18(2)15-9-7-14(8-10-15)17-11-12-3-5-13(16)6-4-12/h3-11H,1-2H3. The van der Waals surface area contributed by atoms with Gasteiger partial charge in [0.05, 0.1) is 5.69 Å². The summed E-state index contributed by atoms with van der Waals surface area (Å²) in [5.41, 5.74) is 2.90. The van der Waals surface area contributed by atoms with E-state index >= 15 is 0 Å². The van der Waals surface area contributed by atoms with Crippen molar-refractivity contribution in [3.8, 4) is 0 Å². The van der Waals surface area contributed by atoms with Gasteiger partial charge in [-0.3, -0.25) is 4.99 Å². The number of nitrogens with zero attached hydrogens (tertiary/aromatic N) is 2. The molecule has 18 heavy (non-hydrogen) atoms. The van der Waals surface area contributed by atoms with Gasteiger partial charge in [0.2, 0.25) is 0 Å². The van der Waals surface area contributed by atoms with Gasteiger partial charge in [0, 0.05) is 26.0 Å². The Bertz CT molecular complexity index is 527. The first-order valence-corrected chi connectivity index (χ1v) is 5.72. The molecule has 0 aliphatic rings. The third kappa shape index (κ3) is 3.17. The first kappa shape index (κ1) is 12.3. The molecule has 0 unspecified atom stereocenters. The van der Waals surface area contributed by atoms with E-state index in [1.807, 2.05) is 43.3 Å². The molecule has 0 fully saturated rings. The molecular weight excluding hydrogens is 227 g/mol. The lowest BCUT2D eigenvalue weighted by Crippen LogP contribution is -2.07. The lowest BCUT2D eigenvalue weighted by molar-refractivity contribution is 0.628.